The van der Waals surface area contributed by atoms with Crippen molar-refractivity contribution in [3.8, 4) is 0 Å². The van der Waals surface area contributed by atoms with E-state index in [1.807, 2.05) is 29.2 Å². The van der Waals surface area contributed by atoms with Gasteiger partial charge < -0.3 is 20.4 Å². The highest BCUT2D eigenvalue weighted by molar-refractivity contribution is 6.03. The molecule has 7 heteroatoms. The monoisotopic (exact) mass is 631 g/mol. The molecule has 2 heterocycles. The van der Waals surface area contributed by atoms with E-state index in [4.69, 9.17) is 0 Å². The Bertz CT molecular complexity index is 1170. The van der Waals surface area contributed by atoms with Gasteiger partial charge in [-0.3, -0.25) is 14.5 Å². The van der Waals surface area contributed by atoms with E-state index >= 15 is 0 Å². The largest absolute Gasteiger partial charge is 0.369 e. The number of benzene rings is 2. The number of rotatable bonds is 19. The van der Waals surface area contributed by atoms with Gasteiger partial charge in [0.1, 0.15) is 0 Å². The number of Topliss-reactive ketones (excluding diaryl/α,β-unsaturated/α-hetero) is 1. The topological polar surface area (TPSA) is 67.9 Å². The molecule has 254 valence electrons. The number of ketones is 1. The van der Waals surface area contributed by atoms with Crippen LogP contribution in [0.3, 0.4) is 0 Å². The molecule has 0 radical (unpaired) electrons. The normalized spacial score (nSPS) is 16.9. The fourth-order valence-corrected chi connectivity index (χ4v) is 7.16. The van der Waals surface area contributed by atoms with Gasteiger partial charge in [0.2, 0.25) is 0 Å². The number of piperazine rings is 2. The number of unbranched alkanes of at least 4 members (excludes halogenated alkanes) is 9. The van der Waals surface area contributed by atoms with Crippen molar-refractivity contribution in [1.29, 1.82) is 0 Å². The lowest BCUT2D eigenvalue weighted by molar-refractivity contribution is 0.0594. The summed E-state index contributed by atoms with van der Waals surface area (Å²) in [5, 5.41) is 6.74. The average Bonchev–Trinajstić information content (AvgIpc) is 3.12. The number of likely N-dealkylation sites (N-methyl/N-ethyl adjacent to an activating group) is 1. The molecule has 2 aliphatic rings. The van der Waals surface area contributed by atoms with Gasteiger partial charge in [0, 0.05) is 69.2 Å². The van der Waals surface area contributed by atoms with Gasteiger partial charge >= 0.3 is 0 Å². The van der Waals surface area contributed by atoms with Gasteiger partial charge in [-0.25, -0.2) is 0 Å². The van der Waals surface area contributed by atoms with Crippen LogP contribution in [0, 0.1) is 0 Å². The van der Waals surface area contributed by atoms with E-state index in [0.717, 1.165) is 88.4 Å². The van der Waals surface area contributed by atoms with Gasteiger partial charge in [0.05, 0.1) is 5.54 Å². The second-order valence-corrected chi connectivity index (χ2v) is 13.5. The van der Waals surface area contributed by atoms with Crippen LogP contribution in [-0.2, 0) is 6.42 Å². The fourth-order valence-electron chi connectivity index (χ4n) is 7.16. The summed E-state index contributed by atoms with van der Waals surface area (Å²) in [4.78, 5) is 34.3. The standard InChI is InChI=1S/C39H61N5O2/c1-4-6-7-8-9-10-11-12-13-14-27-42(3)39(5-2,37(45)34-19-21-36(22-20-34)43-28-23-40-24-29-43)32-33-15-17-35(18-16-33)38(46)44-30-25-41-26-31-44/h15-22,40-41H,4-14,23-32H2,1-3H3. The second-order valence-electron chi connectivity index (χ2n) is 13.5. The Morgan fingerprint density at radius 3 is 1.78 bits per heavy atom. The van der Waals surface area contributed by atoms with Crippen LogP contribution in [0.15, 0.2) is 48.5 Å². The highest BCUT2D eigenvalue weighted by Gasteiger charge is 2.41. The lowest BCUT2D eigenvalue weighted by Crippen LogP contribution is -2.54. The summed E-state index contributed by atoms with van der Waals surface area (Å²) < 4.78 is 0. The Morgan fingerprint density at radius 1 is 0.696 bits per heavy atom. The smallest absolute Gasteiger partial charge is 0.253 e. The van der Waals surface area contributed by atoms with Crippen LogP contribution >= 0.6 is 0 Å². The van der Waals surface area contributed by atoms with Crippen LogP contribution < -0.4 is 15.5 Å². The number of anilines is 1. The van der Waals surface area contributed by atoms with Crippen molar-refractivity contribution in [2.45, 2.75) is 96.4 Å². The molecule has 1 unspecified atom stereocenters. The molecule has 2 aromatic carbocycles. The minimum Gasteiger partial charge on any atom is -0.369 e. The van der Waals surface area contributed by atoms with E-state index in [0.29, 0.717) is 6.42 Å². The molecular weight excluding hydrogens is 570 g/mol. The number of nitrogens with zero attached hydrogens (tertiary/aromatic N) is 3. The minimum absolute atomic E-state index is 0.0912. The van der Waals surface area contributed by atoms with Gasteiger partial charge in [0.25, 0.3) is 5.91 Å². The Kier molecular flexibility index (Phi) is 15.0. The molecule has 0 aliphatic carbocycles. The van der Waals surface area contributed by atoms with Gasteiger partial charge in [0.15, 0.2) is 5.78 Å². The average molecular weight is 632 g/mol. The van der Waals surface area contributed by atoms with Crippen LogP contribution in [0.5, 0.6) is 0 Å². The second kappa shape index (κ2) is 19.2. The van der Waals surface area contributed by atoms with Crippen molar-refractivity contribution in [1.82, 2.24) is 20.4 Å². The van der Waals surface area contributed by atoms with Crippen LogP contribution in [0.4, 0.5) is 5.69 Å². The highest BCUT2D eigenvalue weighted by atomic mass is 16.2. The molecule has 1 atom stereocenters. The minimum atomic E-state index is -0.653. The van der Waals surface area contributed by atoms with Crippen LogP contribution in [0.1, 0.15) is 111 Å². The first kappa shape index (κ1) is 36.1. The Balaban J connectivity index is 1.44. The molecule has 46 heavy (non-hydrogen) atoms. The van der Waals surface area contributed by atoms with Crippen molar-refractivity contribution < 1.29 is 9.59 Å². The summed E-state index contributed by atoms with van der Waals surface area (Å²) >= 11 is 0. The number of hydrogen-bond acceptors (Lipinski definition) is 6. The molecule has 1 amide bonds. The van der Waals surface area contributed by atoms with Crippen LogP contribution in [0.2, 0.25) is 0 Å². The molecule has 0 bridgehead atoms. The summed E-state index contributed by atoms with van der Waals surface area (Å²) in [6, 6.07) is 16.4. The molecule has 2 aromatic rings. The zero-order chi connectivity index (χ0) is 32.6. The molecule has 0 aromatic heterocycles. The van der Waals surface area contributed by atoms with Crippen molar-refractivity contribution >= 4 is 17.4 Å². The number of amides is 1. The molecule has 2 saturated heterocycles. The van der Waals surface area contributed by atoms with Crippen molar-refractivity contribution in [2.75, 3.05) is 70.9 Å². The molecular formula is C39H61N5O2. The molecule has 0 saturated carbocycles. The number of nitrogens with one attached hydrogen (secondary N) is 2. The molecule has 0 spiro atoms. The molecule has 2 fully saturated rings. The maximum Gasteiger partial charge on any atom is 0.253 e. The van der Waals surface area contributed by atoms with E-state index in [-0.39, 0.29) is 11.7 Å². The zero-order valence-corrected chi connectivity index (χ0v) is 29.1. The van der Waals surface area contributed by atoms with E-state index in [1.54, 1.807) is 0 Å². The van der Waals surface area contributed by atoms with E-state index in [1.165, 1.54) is 63.5 Å². The van der Waals surface area contributed by atoms with E-state index in [9.17, 15) is 9.59 Å². The molecule has 7 nitrogen and oxygen atoms in total. The Morgan fingerprint density at radius 2 is 1.22 bits per heavy atom. The molecule has 2 N–H and O–H groups in total. The predicted octanol–water partition coefficient (Wildman–Crippen LogP) is 6.57. The van der Waals surface area contributed by atoms with Crippen LogP contribution in [0.25, 0.3) is 0 Å². The van der Waals surface area contributed by atoms with Crippen molar-refractivity contribution in [2.24, 2.45) is 0 Å². The Hall–Kier alpha value is -2.74. The summed E-state index contributed by atoms with van der Waals surface area (Å²) in [6.07, 6.45) is 14.4. The predicted molar refractivity (Wildman–Crippen MR) is 192 cm³/mol. The van der Waals surface area contributed by atoms with Crippen LogP contribution in [-0.4, -0.2) is 93.0 Å². The zero-order valence-electron chi connectivity index (χ0n) is 29.1. The summed E-state index contributed by atoms with van der Waals surface area (Å²) in [5.74, 6) is 0.283. The number of carbonyl (C=O) groups is 2. The molecule has 2 aliphatic heterocycles. The van der Waals surface area contributed by atoms with E-state index in [2.05, 4.69) is 65.6 Å². The SMILES string of the molecule is CCCCCCCCCCCCN(C)C(CC)(Cc1ccc(C(=O)N2CCNCC2)cc1)C(=O)c1ccc(N2CCNCC2)cc1. The first-order valence-electron chi connectivity index (χ1n) is 18.4. The summed E-state index contributed by atoms with van der Waals surface area (Å²) in [6.45, 7) is 12.4. The Labute approximate surface area is 279 Å². The summed E-state index contributed by atoms with van der Waals surface area (Å²) in [7, 11) is 2.15. The van der Waals surface area contributed by atoms with Gasteiger partial charge in [-0.05, 0) is 74.8 Å². The van der Waals surface area contributed by atoms with Gasteiger partial charge in [-0.2, -0.15) is 0 Å². The quantitative estimate of drug-likeness (QED) is 0.135. The van der Waals surface area contributed by atoms with Crippen molar-refractivity contribution in [3.63, 3.8) is 0 Å². The number of hydrogen-bond donors (Lipinski definition) is 2. The highest BCUT2D eigenvalue weighted by Crippen LogP contribution is 2.30. The van der Waals surface area contributed by atoms with Gasteiger partial charge in [-0.15, -0.1) is 0 Å². The first-order valence-corrected chi connectivity index (χ1v) is 18.4. The lowest BCUT2D eigenvalue weighted by atomic mass is 9.79. The molecule has 4 rings (SSSR count). The van der Waals surface area contributed by atoms with Crippen molar-refractivity contribution in [3.05, 3.63) is 65.2 Å². The lowest BCUT2D eigenvalue weighted by Gasteiger charge is -2.41. The van der Waals surface area contributed by atoms with Gasteiger partial charge in [-0.1, -0.05) is 83.8 Å². The van der Waals surface area contributed by atoms with E-state index < -0.39 is 5.54 Å². The first-order chi connectivity index (χ1) is 22.5. The third-order valence-electron chi connectivity index (χ3n) is 10.3. The number of carbonyl (C=O) groups excluding carboxylic acids is 2. The third kappa shape index (κ3) is 10.1. The fraction of sp³-hybridized carbons (Fsp3) is 0.641. The third-order valence-corrected chi connectivity index (χ3v) is 10.3. The maximum atomic E-state index is 14.6. The summed E-state index contributed by atoms with van der Waals surface area (Å²) in [5.41, 5.74) is 3.13. The maximum absolute atomic E-state index is 14.6.